The van der Waals surface area contributed by atoms with Gasteiger partial charge in [0, 0.05) is 36.3 Å². The standard InChI is InChI=1S/C23H21N5O2/c1-2-4-16(5-3-1)14-29-22-19-12-24-11-10-20(19)27-23(28-22)26-18-8-6-17(7-9-18)21-13-25-15-30-21/h1-9,13,15,24H,10-12,14H2,(H,26,27,28). The van der Waals surface area contributed by atoms with Gasteiger partial charge in [-0.15, -0.1) is 0 Å². The summed E-state index contributed by atoms with van der Waals surface area (Å²) in [4.78, 5) is 13.3. The molecule has 2 aromatic carbocycles. The Hall–Kier alpha value is -3.71. The van der Waals surface area contributed by atoms with Crippen LogP contribution in [0, 0.1) is 0 Å². The second-order valence-electron chi connectivity index (χ2n) is 7.05. The van der Waals surface area contributed by atoms with E-state index in [2.05, 4.69) is 20.6 Å². The summed E-state index contributed by atoms with van der Waals surface area (Å²) in [6, 6.07) is 18.0. The van der Waals surface area contributed by atoms with E-state index < -0.39 is 0 Å². The summed E-state index contributed by atoms with van der Waals surface area (Å²) in [5.74, 6) is 1.89. The zero-order chi connectivity index (χ0) is 20.2. The molecule has 0 amide bonds. The van der Waals surface area contributed by atoms with Gasteiger partial charge in [0.05, 0.1) is 11.9 Å². The number of oxazole rings is 1. The topological polar surface area (TPSA) is 85.1 Å². The first-order valence-electron chi connectivity index (χ1n) is 9.88. The lowest BCUT2D eigenvalue weighted by Crippen LogP contribution is -2.26. The van der Waals surface area contributed by atoms with Gasteiger partial charge in [-0.2, -0.15) is 4.98 Å². The molecule has 0 spiro atoms. The summed E-state index contributed by atoms with van der Waals surface area (Å²) in [7, 11) is 0. The highest BCUT2D eigenvalue weighted by atomic mass is 16.5. The maximum Gasteiger partial charge on any atom is 0.230 e. The number of hydrogen-bond acceptors (Lipinski definition) is 7. The summed E-state index contributed by atoms with van der Waals surface area (Å²) >= 11 is 0. The SMILES string of the molecule is c1ccc(COc2nc(Nc3ccc(-c4cnco4)cc3)nc3c2CNCC3)cc1. The lowest BCUT2D eigenvalue weighted by atomic mass is 10.1. The maximum atomic E-state index is 6.09. The molecule has 7 nitrogen and oxygen atoms in total. The number of aromatic nitrogens is 3. The first-order valence-corrected chi connectivity index (χ1v) is 9.88. The highest BCUT2D eigenvalue weighted by molar-refractivity contribution is 5.63. The van der Waals surface area contributed by atoms with Crippen molar-refractivity contribution in [3.05, 3.63) is 84.0 Å². The van der Waals surface area contributed by atoms with Gasteiger partial charge in [0.25, 0.3) is 0 Å². The van der Waals surface area contributed by atoms with Crippen molar-refractivity contribution in [2.24, 2.45) is 0 Å². The molecular weight excluding hydrogens is 378 g/mol. The summed E-state index contributed by atoms with van der Waals surface area (Å²) in [6.45, 7) is 2.08. The zero-order valence-corrected chi connectivity index (χ0v) is 16.3. The predicted octanol–water partition coefficient (Wildman–Crippen LogP) is 4.10. The number of rotatable bonds is 6. The Balaban J connectivity index is 1.38. The minimum absolute atomic E-state index is 0.468. The molecule has 150 valence electrons. The molecule has 0 radical (unpaired) electrons. The van der Waals surface area contributed by atoms with Crippen LogP contribution in [-0.4, -0.2) is 21.5 Å². The summed E-state index contributed by atoms with van der Waals surface area (Å²) in [6.07, 6.45) is 3.96. The molecule has 30 heavy (non-hydrogen) atoms. The van der Waals surface area contributed by atoms with Crippen molar-refractivity contribution in [3.63, 3.8) is 0 Å². The average Bonchev–Trinajstić information content (AvgIpc) is 3.34. The summed E-state index contributed by atoms with van der Waals surface area (Å²) in [5.41, 5.74) is 5.01. The normalized spacial score (nSPS) is 12.9. The number of nitrogens with zero attached hydrogens (tertiary/aromatic N) is 3. The van der Waals surface area contributed by atoms with E-state index in [1.165, 1.54) is 6.39 Å². The molecule has 2 N–H and O–H groups in total. The Kier molecular flexibility index (Phi) is 5.10. The lowest BCUT2D eigenvalue weighted by molar-refractivity contribution is 0.287. The molecule has 0 unspecified atom stereocenters. The number of nitrogens with one attached hydrogen (secondary N) is 2. The molecule has 0 aliphatic carbocycles. The monoisotopic (exact) mass is 399 g/mol. The largest absolute Gasteiger partial charge is 0.472 e. The second-order valence-corrected chi connectivity index (χ2v) is 7.05. The number of hydrogen-bond donors (Lipinski definition) is 2. The van der Waals surface area contributed by atoms with Crippen LogP contribution in [0.3, 0.4) is 0 Å². The van der Waals surface area contributed by atoms with Crippen LogP contribution >= 0.6 is 0 Å². The van der Waals surface area contributed by atoms with Crippen LogP contribution in [0.15, 0.2) is 71.6 Å². The van der Waals surface area contributed by atoms with Crippen molar-refractivity contribution in [1.29, 1.82) is 0 Å². The Morgan fingerprint density at radius 2 is 1.90 bits per heavy atom. The average molecular weight is 399 g/mol. The second kappa shape index (κ2) is 8.34. The van der Waals surface area contributed by atoms with Gasteiger partial charge in [0.1, 0.15) is 6.61 Å². The van der Waals surface area contributed by atoms with Crippen LogP contribution in [-0.2, 0) is 19.6 Å². The van der Waals surface area contributed by atoms with E-state index in [4.69, 9.17) is 14.1 Å². The third-order valence-electron chi connectivity index (χ3n) is 4.97. The fourth-order valence-electron chi connectivity index (χ4n) is 3.42. The minimum atomic E-state index is 0.468. The van der Waals surface area contributed by atoms with E-state index in [0.717, 1.165) is 46.8 Å². The smallest absolute Gasteiger partial charge is 0.230 e. The fraction of sp³-hybridized carbons (Fsp3) is 0.174. The number of ether oxygens (including phenoxy) is 1. The van der Waals surface area contributed by atoms with E-state index in [1.807, 2.05) is 54.6 Å². The van der Waals surface area contributed by atoms with Crippen molar-refractivity contribution >= 4 is 11.6 Å². The third-order valence-corrected chi connectivity index (χ3v) is 4.97. The summed E-state index contributed by atoms with van der Waals surface area (Å²) in [5, 5.41) is 6.67. The van der Waals surface area contributed by atoms with E-state index in [-0.39, 0.29) is 0 Å². The number of fused-ring (bicyclic) bond motifs is 1. The van der Waals surface area contributed by atoms with Gasteiger partial charge in [0.15, 0.2) is 12.2 Å². The Morgan fingerprint density at radius 3 is 2.70 bits per heavy atom. The Bertz CT molecular complexity index is 1110. The van der Waals surface area contributed by atoms with Crippen molar-refractivity contribution in [3.8, 4) is 17.2 Å². The zero-order valence-electron chi connectivity index (χ0n) is 16.3. The molecule has 1 aliphatic heterocycles. The highest BCUT2D eigenvalue weighted by Crippen LogP contribution is 2.27. The van der Waals surface area contributed by atoms with Crippen molar-refractivity contribution in [2.75, 3.05) is 11.9 Å². The van der Waals surface area contributed by atoms with Gasteiger partial charge in [0.2, 0.25) is 11.8 Å². The van der Waals surface area contributed by atoms with Crippen molar-refractivity contribution in [1.82, 2.24) is 20.3 Å². The summed E-state index contributed by atoms with van der Waals surface area (Å²) < 4.78 is 11.4. The molecule has 7 heteroatoms. The van der Waals surface area contributed by atoms with E-state index in [9.17, 15) is 0 Å². The third kappa shape index (κ3) is 4.01. The van der Waals surface area contributed by atoms with Crippen molar-refractivity contribution in [2.45, 2.75) is 19.6 Å². The molecule has 0 fully saturated rings. The van der Waals surface area contributed by atoms with Crippen molar-refractivity contribution < 1.29 is 9.15 Å². The van der Waals surface area contributed by atoms with Crippen LogP contribution in [0.25, 0.3) is 11.3 Å². The van der Waals surface area contributed by atoms with Gasteiger partial charge >= 0.3 is 0 Å². The molecular formula is C23H21N5O2. The molecule has 2 aromatic heterocycles. The van der Waals surface area contributed by atoms with Gasteiger partial charge in [-0.25, -0.2) is 9.97 Å². The van der Waals surface area contributed by atoms with E-state index in [1.54, 1.807) is 6.20 Å². The van der Waals surface area contributed by atoms with Crippen LogP contribution in [0.4, 0.5) is 11.6 Å². The lowest BCUT2D eigenvalue weighted by Gasteiger charge is -2.20. The van der Waals surface area contributed by atoms with Gasteiger partial charge in [-0.1, -0.05) is 30.3 Å². The van der Waals surface area contributed by atoms with Crippen LogP contribution in [0.5, 0.6) is 5.88 Å². The van der Waals surface area contributed by atoms with Crippen LogP contribution in [0.1, 0.15) is 16.8 Å². The van der Waals surface area contributed by atoms with E-state index >= 15 is 0 Å². The molecule has 0 bridgehead atoms. The predicted molar refractivity (Wildman–Crippen MR) is 113 cm³/mol. The minimum Gasteiger partial charge on any atom is -0.472 e. The highest BCUT2D eigenvalue weighted by Gasteiger charge is 2.19. The van der Waals surface area contributed by atoms with Gasteiger partial charge in [-0.3, -0.25) is 0 Å². The van der Waals surface area contributed by atoms with Crippen LogP contribution < -0.4 is 15.4 Å². The van der Waals surface area contributed by atoms with E-state index in [0.29, 0.717) is 25.0 Å². The maximum absolute atomic E-state index is 6.09. The number of benzene rings is 2. The molecule has 1 aliphatic rings. The first kappa shape index (κ1) is 18.3. The molecule has 3 heterocycles. The number of anilines is 2. The van der Waals surface area contributed by atoms with Crippen LogP contribution in [0.2, 0.25) is 0 Å². The molecule has 0 saturated carbocycles. The molecule has 0 atom stereocenters. The molecule has 5 rings (SSSR count). The molecule has 0 saturated heterocycles. The van der Waals surface area contributed by atoms with Gasteiger partial charge < -0.3 is 19.8 Å². The first-order chi connectivity index (χ1) is 14.8. The Labute approximate surface area is 174 Å². The van der Waals surface area contributed by atoms with Gasteiger partial charge in [-0.05, 0) is 29.8 Å². The Morgan fingerprint density at radius 1 is 1.03 bits per heavy atom. The fourth-order valence-corrected chi connectivity index (χ4v) is 3.42. The molecule has 4 aromatic rings. The quantitative estimate of drug-likeness (QED) is 0.505.